The van der Waals surface area contributed by atoms with E-state index >= 15 is 0 Å². The summed E-state index contributed by atoms with van der Waals surface area (Å²) in [6.07, 6.45) is 2.06. The second-order valence-corrected chi connectivity index (χ2v) is 10.8. The van der Waals surface area contributed by atoms with Crippen LogP contribution < -0.4 is 10.6 Å². The number of carbonyl (C=O) groups is 2. The van der Waals surface area contributed by atoms with E-state index in [4.69, 9.17) is 18.5 Å². The van der Waals surface area contributed by atoms with E-state index in [1.165, 1.54) is 6.92 Å². The van der Waals surface area contributed by atoms with E-state index < -0.39 is 37.5 Å². The maximum absolute atomic E-state index is 13.5. The summed E-state index contributed by atoms with van der Waals surface area (Å²) in [4.78, 5) is 24.6. The first-order chi connectivity index (χ1) is 14.9. The Kier molecular flexibility index (Phi) is 11.4. The standard InChI is InChI=1S/C22H41N2O7P/c1-9-16(10-2)30-19-14-17(32(27,28-11-3)29-12-4)13-18(20(19)23-15(5)25)24-21(26)31-22(6,7)8/h14,16,18-20H,9-13H2,1-8H3,(H,23,25)(H,24,26). The predicted molar refractivity (Wildman–Crippen MR) is 124 cm³/mol. The Morgan fingerprint density at radius 1 is 1.09 bits per heavy atom. The van der Waals surface area contributed by atoms with Gasteiger partial charge in [0.1, 0.15) is 5.60 Å². The summed E-state index contributed by atoms with van der Waals surface area (Å²) in [5.41, 5.74) is -0.696. The first-order valence-corrected chi connectivity index (χ1v) is 13.0. The van der Waals surface area contributed by atoms with Gasteiger partial charge in [-0.15, -0.1) is 0 Å². The van der Waals surface area contributed by atoms with E-state index in [1.807, 2.05) is 13.8 Å². The number of hydrogen-bond acceptors (Lipinski definition) is 7. The number of rotatable bonds is 11. The van der Waals surface area contributed by atoms with Gasteiger partial charge < -0.3 is 29.2 Å². The molecule has 0 aromatic heterocycles. The molecule has 1 rings (SSSR count). The van der Waals surface area contributed by atoms with Crippen molar-refractivity contribution in [3.8, 4) is 0 Å². The fourth-order valence-electron chi connectivity index (χ4n) is 3.53. The number of carbonyl (C=O) groups excluding carboxylic acids is 2. The van der Waals surface area contributed by atoms with Crippen LogP contribution in [0.25, 0.3) is 0 Å². The highest BCUT2D eigenvalue weighted by atomic mass is 31.2. The van der Waals surface area contributed by atoms with E-state index in [2.05, 4.69) is 10.6 Å². The Morgan fingerprint density at radius 2 is 1.66 bits per heavy atom. The Morgan fingerprint density at radius 3 is 2.09 bits per heavy atom. The van der Waals surface area contributed by atoms with Crippen LogP contribution in [0.4, 0.5) is 4.79 Å². The molecule has 0 aromatic carbocycles. The zero-order chi connectivity index (χ0) is 24.5. The minimum absolute atomic E-state index is 0.0763. The molecule has 0 radical (unpaired) electrons. The minimum atomic E-state index is -3.60. The molecule has 0 aliphatic heterocycles. The van der Waals surface area contributed by atoms with Crippen LogP contribution in [0.2, 0.25) is 0 Å². The van der Waals surface area contributed by atoms with E-state index in [1.54, 1.807) is 40.7 Å². The molecule has 3 unspecified atom stereocenters. The van der Waals surface area contributed by atoms with Gasteiger partial charge in [0.05, 0.1) is 37.5 Å². The minimum Gasteiger partial charge on any atom is -0.444 e. The number of amides is 2. The van der Waals surface area contributed by atoms with Crippen molar-refractivity contribution < 1.29 is 32.7 Å². The molecule has 3 atom stereocenters. The average molecular weight is 477 g/mol. The van der Waals surface area contributed by atoms with Gasteiger partial charge in [-0.1, -0.05) is 13.8 Å². The van der Waals surface area contributed by atoms with E-state index in [9.17, 15) is 14.2 Å². The van der Waals surface area contributed by atoms with Crippen molar-refractivity contribution in [3.63, 3.8) is 0 Å². The topological polar surface area (TPSA) is 112 Å². The summed E-state index contributed by atoms with van der Waals surface area (Å²) in [6, 6.07) is -1.22. The third-order valence-corrected chi connectivity index (χ3v) is 7.09. The first kappa shape index (κ1) is 28.6. The molecule has 0 heterocycles. The maximum Gasteiger partial charge on any atom is 0.407 e. The highest BCUT2D eigenvalue weighted by molar-refractivity contribution is 7.58. The predicted octanol–water partition coefficient (Wildman–Crippen LogP) is 4.51. The lowest BCUT2D eigenvalue weighted by atomic mass is 9.92. The van der Waals surface area contributed by atoms with Crippen molar-refractivity contribution in [3.05, 3.63) is 11.4 Å². The summed E-state index contributed by atoms with van der Waals surface area (Å²) in [5.74, 6) is -0.265. The summed E-state index contributed by atoms with van der Waals surface area (Å²) >= 11 is 0. The fourth-order valence-corrected chi connectivity index (χ4v) is 5.37. The van der Waals surface area contributed by atoms with E-state index in [0.717, 1.165) is 12.8 Å². The van der Waals surface area contributed by atoms with Crippen LogP contribution >= 0.6 is 7.60 Å². The molecular weight excluding hydrogens is 435 g/mol. The quantitative estimate of drug-likeness (QED) is 0.422. The van der Waals surface area contributed by atoms with Crippen molar-refractivity contribution in [2.75, 3.05) is 13.2 Å². The zero-order valence-corrected chi connectivity index (χ0v) is 21.6. The van der Waals surface area contributed by atoms with Gasteiger partial charge in [-0.05, 0) is 53.5 Å². The van der Waals surface area contributed by atoms with Crippen molar-refractivity contribution in [1.82, 2.24) is 10.6 Å². The van der Waals surface area contributed by atoms with E-state index in [-0.39, 0.29) is 31.6 Å². The molecule has 0 saturated heterocycles. The molecule has 32 heavy (non-hydrogen) atoms. The van der Waals surface area contributed by atoms with Crippen molar-refractivity contribution in [2.24, 2.45) is 0 Å². The molecule has 1 aliphatic carbocycles. The highest BCUT2D eigenvalue weighted by Gasteiger charge is 2.43. The van der Waals surface area contributed by atoms with Gasteiger partial charge >= 0.3 is 13.7 Å². The van der Waals surface area contributed by atoms with Gasteiger partial charge in [0, 0.05) is 18.7 Å². The Balaban J connectivity index is 3.41. The highest BCUT2D eigenvalue weighted by Crippen LogP contribution is 2.59. The third-order valence-electron chi connectivity index (χ3n) is 4.86. The maximum atomic E-state index is 13.5. The third kappa shape index (κ3) is 8.85. The lowest BCUT2D eigenvalue weighted by molar-refractivity contribution is -0.121. The molecule has 0 spiro atoms. The molecule has 2 N–H and O–H groups in total. The summed E-state index contributed by atoms with van der Waals surface area (Å²) < 4.78 is 36.3. The molecule has 0 bridgehead atoms. The van der Waals surface area contributed by atoms with Gasteiger partial charge in [0.25, 0.3) is 0 Å². The average Bonchev–Trinajstić information content (AvgIpc) is 2.66. The molecule has 9 nitrogen and oxygen atoms in total. The van der Waals surface area contributed by atoms with Gasteiger partial charge in [-0.25, -0.2) is 4.79 Å². The lowest BCUT2D eigenvalue weighted by Crippen LogP contribution is -2.59. The Bertz CT molecular complexity index is 691. The monoisotopic (exact) mass is 476 g/mol. The number of nitrogens with one attached hydrogen (secondary N) is 2. The summed E-state index contributed by atoms with van der Waals surface area (Å²) in [5, 5.41) is 6.13. The summed E-state index contributed by atoms with van der Waals surface area (Å²) in [6.45, 7) is 14.6. The van der Waals surface area contributed by atoms with Gasteiger partial charge in [0.2, 0.25) is 5.91 Å². The molecule has 0 fully saturated rings. The first-order valence-electron chi connectivity index (χ1n) is 11.4. The van der Waals surface area contributed by atoms with E-state index in [0.29, 0.717) is 5.31 Å². The smallest absolute Gasteiger partial charge is 0.407 e. The van der Waals surface area contributed by atoms with Gasteiger partial charge in [-0.3, -0.25) is 9.36 Å². The SMILES string of the molecule is CCOP(=O)(OCC)C1=CC(OC(CC)CC)C(NC(C)=O)C(NC(=O)OC(C)(C)C)C1. The van der Waals surface area contributed by atoms with Gasteiger partial charge in [0.15, 0.2) is 0 Å². The second kappa shape index (κ2) is 12.7. The number of hydrogen-bond donors (Lipinski definition) is 2. The normalized spacial score (nSPS) is 21.8. The van der Waals surface area contributed by atoms with Crippen LogP contribution in [-0.2, 0) is 27.9 Å². The second-order valence-electron chi connectivity index (χ2n) is 8.71. The molecule has 2 amide bonds. The van der Waals surface area contributed by atoms with Crippen molar-refractivity contribution >= 4 is 19.6 Å². The largest absolute Gasteiger partial charge is 0.444 e. The fraction of sp³-hybridized carbons (Fsp3) is 0.818. The summed E-state index contributed by atoms with van der Waals surface area (Å²) in [7, 11) is -3.60. The van der Waals surface area contributed by atoms with Crippen LogP contribution in [0.3, 0.4) is 0 Å². The van der Waals surface area contributed by atoms with Crippen molar-refractivity contribution in [2.45, 2.75) is 105 Å². The number of ether oxygens (including phenoxy) is 2. The van der Waals surface area contributed by atoms with Crippen LogP contribution in [0.15, 0.2) is 11.4 Å². The van der Waals surface area contributed by atoms with Crippen LogP contribution in [0, 0.1) is 0 Å². The lowest BCUT2D eigenvalue weighted by Gasteiger charge is -2.40. The zero-order valence-electron chi connectivity index (χ0n) is 20.7. The van der Waals surface area contributed by atoms with Crippen LogP contribution in [0.1, 0.15) is 74.7 Å². The molecule has 0 saturated carbocycles. The van der Waals surface area contributed by atoms with Crippen LogP contribution in [-0.4, -0.2) is 55.1 Å². The number of alkyl carbamates (subject to hydrolysis) is 1. The molecule has 1 aliphatic rings. The molecule has 186 valence electrons. The van der Waals surface area contributed by atoms with Gasteiger partial charge in [-0.2, -0.15) is 0 Å². The molecular formula is C22H41N2O7P. The Hall–Kier alpha value is -1.41. The molecule has 10 heteroatoms. The molecule has 0 aromatic rings. The Labute approximate surface area is 192 Å². The van der Waals surface area contributed by atoms with Crippen LogP contribution in [0.5, 0.6) is 0 Å². The van der Waals surface area contributed by atoms with Crippen molar-refractivity contribution in [1.29, 1.82) is 0 Å².